The first-order chi connectivity index (χ1) is 10.3. The van der Waals surface area contributed by atoms with Crippen molar-refractivity contribution in [2.75, 3.05) is 19.7 Å². The van der Waals surface area contributed by atoms with Crippen molar-refractivity contribution in [3.05, 3.63) is 0 Å². The van der Waals surface area contributed by atoms with Gasteiger partial charge in [-0.15, -0.1) is 0 Å². The van der Waals surface area contributed by atoms with Crippen LogP contribution in [-0.2, 0) is 9.16 Å². The van der Waals surface area contributed by atoms with E-state index in [4.69, 9.17) is 9.16 Å². The number of nitrogens with zero attached hydrogens (tertiary/aromatic N) is 1. The van der Waals surface area contributed by atoms with E-state index in [-0.39, 0.29) is 36.1 Å². The molecule has 1 fully saturated rings. The van der Waals surface area contributed by atoms with Gasteiger partial charge in [0.25, 0.3) is 0 Å². The lowest BCUT2D eigenvalue weighted by Gasteiger charge is -2.38. The number of aliphatic hydroxyl groups is 1. The Hall–Kier alpha value is -0.593. The highest BCUT2D eigenvalue weighted by Crippen LogP contribution is 2.37. The van der Waals surface area contributed by atoms with Gasteiger partial charge >= 0.3 is 6.09 Å². The Labute approximate surface area is 143 Å². The number of likely N-dealkylation sites (tertiary alicyclic amines) is 1. The van der Waals surface area contributed by atoms with Crippen LogP contribution in [0.3, 0.4) is 0 Å². The number of aliphatic hydroxyl groups excluding tert-OH is 1. The summed E-state index contributed by atoms with van der Waals surface area (Å²) in [7, 11) is -1.22. The standard InChI is InChI=1S/C17H35NO4Si/c1-16(2,3)14(22-23(7)8)13-10-18(9-12(13)11-19)15(20)21-17(4,5)6/h12-14,19,23H,9-11H2,1-8H3/t12-,13+,14?/m0/s1. The molecule has 0 aromatic heterocycles. The van der Waals surface area contributed by atoms with Crippen molar-refractivity contribution in [2.24, 2.45) is 17.3 Å². The Morgan fingerprint density at radius 1 is 1.22 bits per heavy atom. The monoisotopic (exact) mass is 345 g/mol. The predicted molar refractivity (Wildman–Crippen MR) is 95.1 cm³/mol. The van der Waals surface area contributed by atoms with Crippen molar-refractivity contribution in [1.29, 1.82) is 0 Å². The molecule has 1 saturated heterocycles. The summed E-state index contributed by atoms with van der Waals surface area (Å²) in [6.45, 7) is 17.6. The highest BCUT2D eigenvalue weighted by Gasteiger charge is 2.45. The average molecular weight is 346 g/mol. The molecule has 1 aliphatic heterocycles. The van der Waals surface area contributed by atoms with E-state index in [1.54, 1.807) is 4.90 Å². The Morgan fingerprint density at radius 3 is 2.17 bits per heavy atom. The van der Waals surface area contributed by atoms with Crippen LogP contribution in [0.25, 0.3) is 0 Å². The maximum absolute atomic E-state index is 12.4. The van der Waals surface area contributed by atoms with Gasteiger partial charge in [0, 0.05) is 31.5 Å². The highest BCUT2D eigenvalue weighted by molar-refractivity contribution is 6.48. The molecule has 1 unspecified atom stereocenters. The van der Waals surface area contributed by atoms with Crippen molar-refractivity contribution in [1.82, 2.24) is 4.90 Å². The second kappa shape index (κ2) is 7.53. The third-order valence-electron chi connectivity index (χ3n) is 4.04. The summed E-state index contributed by atoms with van der Waals surface area (Å²) < 4.78 is 11.8. The molecule has 6 heteroatoms. The van der Waals surface area contributed by atoms with E-state index in [1.807, 2.05) is 20.8 Å². The van der Waals surface area contributed by atoms with Gasteiger partial charge in [0.1, 0.15) is 5.60 Å². The molecule has 0 bridgehead atoms. The molecular weight excluding hydrogens is 310 g/mol. The molecule has 0 radical (unpaired) electrons. The van der Waals surface area contributed by atoms with E-state index in [1.165, 1.54) is 0 Å². The fraction of sp³-hybridized carbons (Fsp3) is 0.941. The third-order valence-corrected chi connectivity index (χ3v) is 4.88. The molecule has 23 heavy (non-hydrogen) atoms. The topological polar surface area (TPSA) is 59.0 Å². The zero-order valence-corrected chi connectivity index (χ0v) is 17.2. The molecule has 1 heterocycles. The smallest absolute Gasteiger partial charge is 0.410 e. The molecule has 1 amide bonds. The zero-order valence-electron chi connectivity index (χ0n) is 16.0. The lowest BCUT2D eigenvalue weighted by molar-refractivity contribution is 0.00867. The fourth-order valence-corrected chi connectivity index (χ4v) is 4.35. The van der Waals surface area contributed by atoms with Gasteiger partial charge < -0.3 is 19.2 Å². The SMILES string of the molecule is C[SiH](C)OC([C@@H]1CN(C(=O)OC(C)(C)C)C[C@H]1CO)C(C)(C)C. The van der Waals surface area contributed by atoms with Gasteiger partial charge in [-0.2, -0.15) is 0 Å². The van der Waals surface area contributed by atoms with E-state index in [2.05, 4.69) is 33.9 Å². The first kappa shape index (κ1) is 20.5. The van der Waals surface area contributed by atoms with Gasteiger partial charge in [-0.3, -0.25) is 0 Å². The fourth-order valence-electron chi connectivity index (χ4n) is 3.15. The molecule has 0 saturated carbocycles. The molecular formula is C17H35NO4Si. The van der Waals surface area contributed by atoms with E-state index in [9.17, 15) is 9.90 Å². The number of hydrogen-bond acceptors (Lipinski definition) is 4. The molecule has 1 rings (SSSR count). The van der Waals surface area contributed by atoms with Crippen LogP contribution < -0.4 is 0 Å². The summed E-state index contributed by atoms with van der Waals surface area (Å²) in [5, 5.41) is 9.79. The Morgan fingerprint density at radius 2 is 1.78 bits per heavy atom. The maximum atomic E-state index is 12.4. The van der Waals surface area contributed by atoms with Crippen molar-refractivity contribution in [3.63, 3.8) is 0 Å². The van der Waals surface area contributed by atoms with E-state index in [0.29, 0.717) is 13.1 Å². The van der Waals surface area contributed by atoms with E-state index < -0.39 is 14.6 Å². The summed E-state index contributed by atoms with van der Waals surface area (Å²) in [4.78, 5) is 14.1. The van der Waals surface area contributed by atoms with E-state index in [0.717, 1.165) is 0 Å². The van der Waals surface area contributed by atoms with Gasteiger partial charge in [-0.05, 0) is 39.3 Å². The van der Waals surface area contributed by atoms with Gasteiger partial charge in [-0.1, -0.05) is 20.8 Å². The number of ether oxygens (including phenoxy) is 1. The predicted octanol–water partition coefficient (Wildman–Crippen LogP) is 2.88. The minimum atomic E-state index is -1.22. The molecule has 1 N–H and O–H groups in total. The van der Waals surface area contributed by atoms with Crippen molar-refractivity contribution in [3.8, 4) is 0 Å². The van der Waals surface area contributed by atoms with Crippen LogP contribution >= 0.6 is 0 Å². The van der Waals surface area contributed by atoms with Gasteiger partial charge in [0.15, 0.2) is 9.04 Å². The Bertz CT molecular complexity index is 400. The molecule has 0 aliphatic carbocycles. The number of rotatable bonds is 4. The first-order valence-electron chi connectivity index (χ1n) is 8.59. The van der Waals surface area contributed by atoms with Crippen LogP contribution in [0.1, 0.15) is 41.5 Å². The summed E-state index contributed by atoms with van der Waals surface area (Å²) >= 11 is 0. The molecule has 136 valence electrons. The van der Waals surface area contributed by atoms with Gasteiger partial charge in [0.05, 0.1) is 6.10 Å². The number of carbonyl (C=O) groups excluding carboxylic acids is 1. The summed E-state index contributed by atoms with van der Waals surface area (Å²) in [6.07, 6.45) is -0.258. The molecule has 1 aliphatic rings. The van der Waals surface area contributed by atoms with Crippen LogP contribution in [0.4, 0.5) is 4.79 Å². The van der Waals surface area contributed by atoms with Crippen LogP contribution in [0.5, 0.6) is 0 Å². The summed E-state index contributed by atoms with van der Waals surface area (Å²) in [5.41, 5.74) is -0.534. The highest BCUT2D eigenvalue weighted by atomic mass is 28.3. The lowest BCUT2D eigenvalue weighted by Crippen LogP contribution is -2.43. The minimum Gasteiger partial charge on any atom is -0.444 e. The minimum absolute atomic E-state index is 0.0285. The maximum Gasteiger partial charge on any atom is 0.410 e. The zero-order chi connectivity index (χ0) is 18.0. The molecule has 5 nitrogen and oxygen atoms in total. The Kier molecular flexibility index (Phi) is 6.70. The van der Waals surface area contributed by atoms with Crippen LogP contribution in [0.15, 0.2) is 0 Å². The largest absolute Gasteiger partial charge is 0.444 e. The van der Waals surface area contributed by atoms with Crippen LogP contribution in [0.2, 0.25) is 13.1 Å². The molecule has 0 aromatic rings. The third kappa shape index (κ3) is 6.08. The van der Waals surface area contributed by atoms with Gasteiger partial charge in [-0.25, -0.2) is 4.79 Å². The molecule has 0 aromatic carbocycles. The van der Waals surface area contributed by atoms with Crippen LogP contribution in [0, 0.1) is 17.3 Å². The van der Waals surface area contributed by atoms with Crippen LogP contribution in [-0.4, -0.2) is 56.5 Å². The second-order valence-electron chi connectivity index (χ2n) is 8.96. The normalized spacial score (nSPS) is 24.2. The van der Waals surface area contributed by atoms with Gasteiger partial charge in [0.2, 0.25) is 0 Å². The van der Waals surface area contributed by atoms with Crippen molar-refractivity contribution < 1.29 is 19.1 Å². The summed E-state index contributed by atoms with van der Waals surface area (Å²) in [5.74, 6) is 0.182. The Balaban J connectivity index is 2.90. The number of amides is 1. The number of carbonyl (C=O) groups is 1. The lowest BCUT2D eigenvalue weighted by atomic mass is 9.77. The van der Waals surface area contributed by atoms with E-state index >= 15 is 0 Å². The second-order valence-corrected chi connectivity index (χ2v) is 11.3. The quantitative estimate of drug-likeness (QED) is 0.796. The number of hydrogen-bond donors (Lipinski definition) is 1. The molecule has 3 atom stereocenters. The average Bonchev–Trinajstić information content (AvgIpc) is 2.76. The first-order valence-corrected chi connectivity index (χ1v) is 11.4. The van der Waals surface area contributed by atoms with Crippen molar-refractivity contribution >= 4 is 15.1 Å². The summed E-state index contributed by atoms with van der Waals surface area (Å²) in [6, 6.07) is 0. The molecule has 0 spiro atoms. The van der Waals surface area contributed by atoms with Crippen molar-refractivity contribution in [2.45, 2.75) is 66.3 Å².